The van der Waals surface area contributed by atoms with E-state index in [0.29, 0.717) is 40.3 Å². The summed E-state index contributed by atoms with van der Waals surface area (Å²) >= 11 is 1.30. The highest BCUT2D eigenvalue weighted by Gasteiger charge is 2.15. The number of thioether (sulfide) groups is 1. The van der Waals surface area contributed by atoms with Crippen LogP contribution in [0.15, 0.2) is 53.6 Å². The van der Waals surface area contributed by atoms with Crippen molar-refractivity contribution in [1.82, 2.24) is 10.2 Å². The van der Waals surface area contributed by atoms with Gasteiger partial charge in [-0.2, -0.15) is 0 Å². The van der Waals surface area contributed by atoms with Gasteiger partial charge in [0.25, 0.3) is 0 Å². The molecule has 0 unspecified atom stereocenters. The summed E-state index contributed by atoms with van der Waals surface area (Å²) in [4.78, 5) is 12.2. The predicted octanol–water partition coefficient (Wildman–Crippen LogP) is 4.30. The second-order valence-corrected chi connectivity index (χ2v) is 7.46. The zero-order valence-electron chi connectivity index (χ0n) is 18.4. The maximum Gasteiger partial charge on any atom is 0.234 e. The zero-order chi connectivity index (χ0) is 22.9. The standard InChI is InChI=1S/C23H25N3O5S/c1-5-31-17-8-6-16(7-9-17)24-21(27)14-32-22-11-10-18(25-26-22)15-12-19(28-2)23(30-4)20(13-15)29-3/h6-13H,5,14H2,1-4H3,(H,24,27). The van der Waals surface area contributed by atoms with Crippen molar-refractivity contribution in [3.63, 3.8) is 0 Å². The third kappa shape index (κ3) is 5.82. The van der Waals surface area contributed by atoms with E-state index in [4.69, 9.17) is 18.9 Å². The minimum atomic E-state index is -0.130. The van der Waals surface area contributed by atoms with Crippen molar-refractivity contribution < 1.29 is 23.7 Å². The number of methoxy groups -OCH3 is 3. The minimum Gasteiger partial charge on any atom is -0.494 e. The van der Waals surface area contributed by atoms with Gasteiger partial charge in [0.05, 0.1) is 39.4 Å². The second kappa shape index (κ2) is 11.2. The van der Waals surface area contributed by atoms with Crippen molar-refractivity contribution in [2.45, 2.75) is 11.9 Å². The molecule has 168 valence electrons. The van der Waals surface area contributed by atoms with Gasteiger partial charge in [0.1, 0.15) is 10.8 Å². The lowest BCUT2D eigenvalue weighted by Crippen LogP contribution is -2.14. The summed E-state index contributed by atoms with van der Waals surface area (Å²) in [6.07, 6.45) is 0. The van der Waals surface area contributed by atoms with E-state index in [1.54, 1.807) is 33.5 Å². The van der Waals surface area contributed by atoms with Crippen LogP contribution in [0.2, 0.25) is 0 Å². The van der Waals surface area contributed by atoms with Gasteiger partial charge in [-0.25, -0.2) is 0 Å². The molecule has 0 spiro atoms. The number of hydrogen-bond donors (Lipinski definition) is 1. The smallest absolute Gasteiger partial charge is 0.234 e. The average molecular weight is 456 g/mol. The van der Waals surface area contributed by atoms with Crippen molar-refractivity contribution in [3.8, 4) is 34.3 Å². The van der Waals surface area contributed by atoms with Crippen LogP contribution in [0.4, 0.5) is 5.69 Å². The van der Waals surface area contributed by atoms with E-state index in [-0.39, 0.29) is 11.7 Å². The van der Waals surface area contributed by atoms with E-state index in [0.717, 1.165) is 11.3 Å². The number of amides is 1. The maximum atomic E-state index is 12.2. The summed E-state index contributed by atoms with van der Waals surface area (Å²) in [5.41, 5.74) is 2.13. The molecular weight excluding hydrogens is 430 g/mol. The van der Waals surface area contributed by atoms with E-state index in [9.17, 15) is 4.79 Å². The molecule has 0 aliphatic heterocycles. The first-order valence-corrected chi connectivity index (χ1v) is 10.9. The van der Waals surface area contributed by atoms with E-state index in [1.807, 2.05) is 43.3 Å². The highest BCUT2D eigenvalue weighted by molar-refractivity contribution is 7.99. The maximum absolute atomic E-state index is 12.2. The number of nitrogens with zero attached hydrogens (tertiary/aromatic N) is 2. The van der Waals surface area contributed by atoms with Crippen LogP contribution in [0.25, 0.3) is 11.3 Å². The van der Waals surface area contributed by atoms with Crippen LogP contribution in [0.1, 0.15) is 6.92 Å². The van der Waals surface area contributed by atoms with E-state index >= 15 is 0 Å². The molecule has 32 heavy (non-hydrogen) atoms. The minimum absolute atomic E-state index is 0.130. The molecule has 0 fully saturated rings. The van der Waals surface area contributed by atoms with Gasteiger partial charge in [-0.1, -0.05) is 11.8 Å². The van der Waals surface area contributed by atoms with Crippen molar-refractivity contribution in [2.24, 2.45) is 0 Å². The lowest BCUT2D eigenvalue weighted by Gasteiger charge is -2.13. The first-order chi connectivity index (χ1) is 15.6. The normalized spacial score (nSPS) is 10.4. The molecular formula is C23H25N3O5S. The number of nitrogens with one attached hydrogen (secondary N) is 1. The molecule has 0 bridgehead atoms. The molecule has 2 aromatic carbocycles. The molecule has 0 radical (unpaired) electrons. The van der Waals surface area contributed by atoms with Gasteiger partial charge in [0, 0.05) is 11.3 Å². The monoisotopic (exact) mass is 455 g/mol. The molecule has 1 amide bonds. The highest BCUT2D eigenvalue weighted by atomic mass is 32.2. The first-order valence-electron chi connectivity index (χ1n) is 9.87. The lowest BCUT2D eigenvalue weighted by molar-refractivity contribution is -0.113. The summed E-state index contributed by atoms with van der Waals surface area (Å²) < 4.78 is 21.5. The third-order valence-corrected chi connectivity index (χ3v) is 5.32. The van der Waals surface area contributed by atoms with Crippen LogP contribution in [0.3, 0.4) is 0 Å². The first kappa shape index (κ1) is 23.2. The van der Waals surface area contributed by atoms with E-state index < -0.39 is 0 Å². The number of anilines is 1. The second-order valence-electron chi connectivity index (χ2n) is 6.47. The number of carbonyl (C=O) groups excluding carboxylic acids is 1. The van der Waals surface area contributed by atoms with Crippen molar-refractivity contribution in [1.29, 1.82) is 0 Å². The van der Waals surface area contributed by atoms with Gasteiger partial charge in [-0.05, 0) is 55.5 Å². The molecule has 3 rings (SSSR count). The number of aromatic nitrogens is 2. The Hall–Kier alpha value is -3.46. The van der Waals surface area contributed by atoms with Crippen LogP contribution in [-0.2, 0) is 4.79 Å². The predicted molar refractivity (Wildman–Crippen MR) is 124 cm³/mol. The van der Waals surface area contributed by atoms with Crippen LogP contribution >= 0.6 is 11.8 Å². The third-order valence-electron chi connectivity index (χ3n) is 4.40. The number of carbonyl (C=O) groups is 1. The quantitative estimate of drug-likeness (QED) is 0.453. The van der Waals surface area contributed by atoms with Crippen LogP contribution < -0.4 is 24.3 Å². The molecule has 0 saturated carbocycles. The lowest BCUT2D eigenvalue weighted by atomic mass is 10.1. The molecule has 1 N–H and O–H groups in total. The molecule has 0 aliphatic carbocycles. The van der Waals surface area contributed by atoms with Crippen LogP contribution in [-0.4, -0.2) is 49.8 Å². The molecule has 0 saturated heterocycles. The zero-order valence-corrected chi connectivity index (χ0v) is 19.2. The summed E-state index contributed by atoms with van der Waals surface area (Å²) in [5.74, 6) is 2.43. The van der Waals surface area contributed by atoms with Gasteiger partial charge >= 0.3 is 0 Å². The van der Waals surface area contributed by atoms with Gasteiger partial charge in [-0.15, -0.1) is 10.2 Å². The number of rotatable bonds is 10. The Morgan fingerprint density at radius 2 is 1.62 bits per heavy atom. The molecule has 0 aliphatic rings. The summed E-state index contributed by atoms with van der Waals surface area (Å²) in [7, 11) is 4.67. The van der Waals surface area contributed by atoms with Gasteiger partial charge < -0.3 is 24.3 Å². The molecule has 9 heteroatoms. The molecule has 1 aromatic heterocycles. The van der Waals surface area contributed by atoms with Crippen LogP contribution in [0.5, 0.6) is 23.0 Å². The number of ether oxygens (including phenoxy) is 4. The number of hydrogen-bond acceptors (Lipinski definition) is 8. The van der Waals surface area contributed by atoms with Gasteiger partial charge in [0.15, 0.2) is 11.5 Å². The Kier molecular flexibility index (Phi) is 8.15. The SMILES string of the molecule is CCOc1ccc(NC(=O)CSc2ccc(-c3cc(OC)c(OC)c(OC)c3)nn2)cc1. The topological polar surface area (TPSA) is 91.8 Å². The summed E-state index contributed by atoms with van der Waals surface area (Å²) in [6, 6.07) is 14.5. The van der Waals surface area contributed by atoms with Crippen LogP contribution in [0, 0.1) is 0 Å². The van der Waals surface area contributed by atoms with Gasteiger partial charge in [-0.3, -0.25) is 4.79 Å². The molecule has 1 heterocycles. The van der Waals surface area contributed by atoms with E-state index in [2.05, 4.69) is 15.5 Å². The average Bonchev–Trinajstić information content (AvgIpc) is 2.83. The fraction of sp³-hybridized carbons (Fsp3) is 0.261. The van der Waals surface area contributed by atoms with Crippen molar-refractivity contribution in [2.75, 3.05) is 39.0 Å². The van der Waals surface area contributed by atoms with Crippen molar-refractivity contribution >= 4 is 23.4 Å². The van der Waals surface area contributed by atoms with Crippen molar-refractivity contribution in [3.05, 3.63) is 48.5 Å². The fourth-order valence-electron chi connectivity index (χ4n) is 2.92. The Bertz CT molecular complexity index is 1020. The molecule has 8 nitrogen and oxygen atoms in total. The largest absolute Gasteiger partial charge is 0.494 e. The van der Waals surface area contributed by atoms with Gasteiger partial charge in [0.2, 0.25) is 11.7 Å². The highest BCUT2D eigenvalue weighted by Crippen LogP contribution is 2.40. The molecule has 3 aromatic rings. The Labute approximate surface area is 191 Å². The summed E-state index contributed by atoms with van der Waals surface area (Å²) in [5, 5.41) is 12.0. The number of benzene rings is 2. The van der Waals surface area contributed by atoms with E-state index in [1.165, 1.54) is 11.8 Å². The fourth-order valence-corrected chi connectivity index (χ4v) is 3.53. The Morgan fingerprint density at radius 1 is 0.938 bits per heavy atom. The Morgan fingerprint density at radius 3 is 2.16 bits per heavy atom. The molecule has 0 atom stereocenters. The Balaban J connectivity index is 1.62. The summed E-state index contributed by atoms with van der Waals surface area (Å²) in [6.45, 7) is 2.52.